The van der Waals surface area contributed by atoms with Crippen LogP contribution < -0.4 is 16.0 Å². The van der Waals surface area contributed by atoms with Gasteiger partial charge in [0.2, 0.25) is 5.91 Å². The third kappa shape index (κ3) is 3.83. The minimum absolute atomic E-state index is 0.258. The standard InChI is InChI=1S/C19H18ClN3O2/c1-11-4-3-5-13(10-11)17-16(12(2)21-19(25)23-17)18(24)22-15-8-6-14(20)7-9-15/h3-10,16-17H,2H2,1H3,(H,22,24)(H2,21,23,25)/t16-,17+/m1/s1. The summed E-state index contributed by atoms with van der Waals surface area (Å²) in [5.41, 5.74) is 2.89. The highest BCUT2D eigenvalue weighted by molar-refractivity contribution is 6.30. The zero-order valence-corrected chi connectivity index (χ0v) is 14.4. The van der Waals surface area contributed by atoms with Gasteiger partial charge in [0.05, 0.1) is 6.04 Å². The lowest BCUT2D eigenvalue weighted by Crippen LogP contribution is -2.51. The summed E-state index contributed by atoms with van der Waals surface area (Å²) in [7, 11) is 0. The van der Waals surface area contributed by atoms with Crippen molar-refractivity contribution >= 4 is 29.2 Å². The Morgan fingerprint density at radius 1 is 1.20 bits per heavy atom. The molecule has 3 N–H and O–H groups in total. The van der Waals surface area contributed by atoms with E-state index in [0.717, 1.165) is 11.1 Å². The highest BCUT2D eigenvalue weighted by Crippen LogP contribution is 2.31. The van der Waals surface area contributed by atoms with Gasteiger partial charge >= 0.3 is 6.03 Å². The lowest BCUT2D eigenvalue weighted by atomic mass is 9.87. The van der Waals surface area contributed by atoms with E-state index in [0.29, 0.717) is 16.4 Å². The van der Waals surface area contributed by atoms with Crippen LogP contribution in [0.3, 0.4) is 0 Å². The summed E-state index contributed by atoms with van der Waals surface area (Å²) >= 11 is 5.87. The molecule has 0 saturated carbocycles. The van der Waals surface area contributed by atoms with Crippen LogP contribution in [-0.4, -0.2) is 11.9 Å². The molecule has 128 valence electrons. The van der Waals surface area contributed by atoms with Gasteiger partial charge in [-0.05, 0) is 36.8 Å². The molecule has 0 unspecified atom stereocenters. The van der Waals surface area contributed by atoms with Crippen LogP contribution in [0, 0.1) is 12.8 Å². The first-order valence-electron chi connectivity index (χ1n) is 7.83. The Morgan fingerprint density at radius 2 is 1.92 bits per heavy atom. The highest BCUT2D eigenvalue weighted by atomic mass is 35.5. The van der Waals surface area contributed by atoms with Gasteiger partial charge in [0, 0.05) is 16.4 Å². The average Bonchev–Trinajstić information content (AvgIpc) is 2.56. The summed E-state index contributed by atoms with van der Waals surface area (Å²) in [4.78, 5) is 24.7. The molecule has 25 heavy (non-hydrogen) atoms. The number of benzene rings is 2. The van der Waals surface area contributed by atoms with Gasteiger partial charge in [0.25, 0.3) is 0 Å². The Morgan fingerprint density at radius 3 is 2.60 bits per heavy atom. The second-order valence-electron chi connectivity index (χ2n) is 5.99. The van der Waals surface area contributed by atoms with Crippen molar-refractivity contribution in [1.29, 1.82) is 0 Å². The van der Waals surface area contributed by atoms with E-state index in [1.807, 2.05) is 31.2 Å². The molecule has 0 aliphatic carbocycles. The number of amides is 3. The minimum atomic E-state index is -0.643. The van der Waals surface area contributed by atoms with Crippen molar-refractivity contribution in [2.24, 2.45) is 5.92 Å². The molecule has 2 aromatic rings. The number of carbonyl (C=O) groups excluding carboxylic acids is 2. The molecule has 2 atom stereocenters. The molecular formula is C19H18ClN3O2. The average molecular weight is 356 g/mol. The van der Waals surface area contributed by atoms with Gasteiger partial charge in [0.1, 0.15) is 5.92 Å². The minimum Gasteiger partial charge on any atom is -0.330 e. The van der Waals surface area contributed by atoms with Gasteiger partial charge in [-0.25, -0.2) is 4.79 Å². The largest absolute Gasteiger partial charge is 0.330 e. The van der Waals surface area contributed by atoms with E-state index in [1.54, 1.807) is 24.3 Å². The lowest BCUT2D eigenvalue weighted by Gasteiger charge is -2.34. The molecular weight excluding hydrogens is 338 g/mol. The number of nitrogens with one attached hydrogen (secondary N) is 3. The van der Waals surface area contributed by atoms with E-state index < -0.39 is 12.0 Å². The smallest absolute Gasteiger partial charge is 0.319 e. The van der Waals surface area contributed by atoms with Crippen molar-refractivity contribution in [2.45, 2.75) is 13.0 Å². The number of rotatable bonds is 3. The van der Waals surface area contributed by atoms with Gasteiger partial charge in [-0.2, -0.15) is 0 Å². The fourth-order valence-electron chi connectivity index (χ4n) is 2.89. The predicted octanol–water partition coefficient (Wildman–Crippen LogP) is 3.77. The maximum atomic E-state index is 12.8. The number of halogens is 1. The van der Waals surface area contributed by atoms with E-state index in [-0.39, 0.29) is 11.9 Å². The van der Waals surface area contributed by atoms with E-state index in [1.165, 1.54) is 0 Å². The Balaban J connectivity index is 1.89. The van der Waals surface area contributed by atoms with E-state index in [2.05, 4.69) is 22.5 Å². The van der Waals surface area contributed by atoms with Crippen LogP contribution in [0.1, 0.15) is 17.2 Å². The van der Waals surface area contributed by atoms with E-state index >= 15 is 0 Å². The summed E-state index contributed by atoms with van der Waals surface area (Å²) in [6.07, 6.45) is 0. The Labute approximate surface area is 151 Å². The van der Waals surface area contributed by atoms with Crippen molar-refractivity contribution in [3.63, 3.8) is 0 Å². The second kappa shape index (κ2) is 6.99. The molecule has 3 amide bonds. The normalized spacial score (nSPS) is 19.8. The predicted molar refractivity (Wildman–Crippen MR) is 98.3 cm³/mol. The van der Waals surface area contributed by atoms with Gasteiger partial charge in [-0.1, -0.05) is 48.0 Å². The van der Waals surface area contributed by atoms with Crippen molar-refractivity contribution < 1.29 is 9.59 Å². The third-order valence-electron chi connectivity index (χ3n) is 4.06. The van der Waals surface area contributed by atoms with Crippen LogP contribution in [0.2, 0.25) is 5.02 Å². The Bertz CT molecular complexity index is 833. The summed E-state index contributed by atoms with van der Waals surface area (Å²) in [5.74, 6) is -0.901. The summed E-state index contributed by atoms with van der Waals surface area (Å²) in [6.45, 7) is 5.83. The van der Waals surface area contributed by atoms with E-state index in [9.17, 15) is 9.59 Å². The van der Waals surface area contributed by atoms with Gasteiger partial charge in [-0.15, -0.1) is 0 Å². The van der Waals surface area contributed by atoms with Crippen LogP contribution in [0.4, 0.5) is 10.5 Å². The van der Waals surface area contributed by atoms with Crippen molar-refractivity contribution in [1.82, 2.24) is 10.6 Å². The first-order valence-corrected chi connectivity index (χ1v) is 8.21. The van der Waals surface area contributed by atoms with Crippen molar-refractivity contribution in [3.8, 4) is 0 Å². The quantitative estimate of drug-likeness (QED) is 0.784. The van der Waals surface area contributed by atoms with Gasteiger partial charge < -0.3 is 16.0 Å². The van der Waals surface area contributed by atoms with E-state index in [4.69, 9.17) is 11.6 Å². The molecule has 0 aromatic heterocycles. The fraction of sp³-hybridized carbons (Fsp3) is 0.158. The lowest BCUT2D eigenvalue weighted by molar-refractivity contribution is -0.119. The number of aryl methyl sites for hydroxylation is 1. The number of hydrogen-bond acceptors (Lipinski definition) is 2. The van der Waals surface area contributed by atoms with Gasteiger partial charge in [0.15, 0.2) is 0 Å². The molecule has 0 bridgehead atoms. The maximum Gasteiger partial charge on any atom is 0.319 e. The molecule has 6 heteroatoms. The molecule has 1 aliphatic heterocycles. The number of carbonyl (C=O) groups is 2. The SMILES string of the molecule is C=C1NC(=O)N[C@@H](c2cccc(C)c2)[C@@H]1C(=O)Nc1ccc(Cl)cc1. The zero-order chi connectivity index (χ0) is 18.0. The molecule has 3 rings (SSSR count). The molecule has 2 aromatic carbocycles. The molecule has 1 heterocycles. The number of hydrogen-bond donors (Lipinski definition) is 3. The molecule has 1 aliphatic rings. The van der Waals surface area contributed by atoms with Crippen LogP contribution >= 0.6 is 11.6 Å². The second-order valence-corrected chi connectivity index (χ2v) is 6.43. The molecule has 0 spiro atoms. The van der Waals surface area contributed by atoms with Crippen molar-refractivity contribution in [3.05, 3.63) is 77.0 Å². The molecule has 5 nitrogen and oxygen atoms in total. The number of anilines is 1. The number of urea groups is 1. The van der Waals surface area contributed by atoms with Gasteiger partial charge in [-0.3, -0.25) is 4.79 Å². The summed E-state index contributed by atoms with van der Waals surface area (Å²) in [5, 5.41) is 8.85. The van der Waals surface area contributed by atoms with Crippen molar-refractivity contribution in [2.75, 3.05) is 5.32 Å². The zero-order valence-electron chi connectivity index (χ0n) is 13.7. The molecule has 1 saturated heterocycles. The fourth-order valence-corrected chi connectivity index (χ4v) is 3.01. The first kappa shape index (κ1) is 17.0. The molecule has 1 fully saturated rings. The van der Waals surface area contributed by atoms with Crippen LogP contribution in [0.15, 0.2) is 60.8 Å². The Hall–Kier alpha value is -2.79. The molecule has 0 radical (unpaired) electrons. The summed E-state index contributed by atoms with van der Waals surface area (Å²) in [6, 6.07) is 13.7. The highest BCUT2D eigenvalue weighted by Gasteiger charge is 2.37. The Kier molecular flexibility index (Phi) is 4.76. The first-order chi connectivity index (χ1) is 11.9. The maximum absolute atomic E-state index is 12.8. The third-order valence-corrected chi connectivity index (χ3v) is 4.32. The topological polar surface area (TPSA) is 70.2 Å². The monoisotopic (exact) mass is 355 g/mol. The summed E-state index contributed by atoms with van der Waals surface area (Å²) < 4.78 is 0. The van der Waals surface area contributed by atoms with Crippen LogP contribution in [-0.2, 0) is 4.79 Å². The van der Waals surface area contributed by atoms with Crippen LogP contribution in [0.25, 0.3) is 0 Å². The van der Waals surface area contributed by atoms with Crippen LogP contribution in [0.5, 0.6) is 0 Å².